The van der Waals surface area contributed by atoms with Gasteiger partial charge in [-0.15, -0.1) is 11.6 Å². The Morgan fingerprint density at radius 2 is 2.14 bits per heavy atom. The Hall–Kier alpha value is -0.200. The van der Waals surface area contributed by atoms with E-state index in [1.165, 1.54) is 16.7 Å². The molecule has 0 N–H and O–H groups in total. The van der Waals surface area contributed by atoms with Crippen LogP contribution in [0.2, 0.25) is 0 Å². The SMILES string of the molecule is C=C1CCC(CCl)=C1/C=C(/Cl)C(C)C. The summed E-state index contributed by atoms with van der Waals surface area (Å²) in [5.74, 6) is 0.960. The van der Waals surface area contributed by atoms with Crippen molar-refractivity contribution >= 4 is 23.2 Å². The maximum absolute atomic E-state index is 6.13. The van der Waals surface area contributed by atoms with Gasteiger partial charge >= 0.3 is 0 Å². The van der Waals surface area contributed by atoms with Crippen LogP contribution in [0.4, 0.5) is 0 Å². The Morgan fingerprint density at radius 1 is 1.50 bits per heavy atom. The second kappa shape index (κ2) is 5.04. The summed E-state index contributed by atoms with van der Waals surface area (Å²) in [6, 6.07) is 0. The third-order valence-electron chi connectivity index (χ3n) is 2.49. The highest BCUT2D eigenvalue weighted by atomic mass is 35.5. The van der Waals surface area contributed by atoms with Crippen LogP contribution in [0.1, 0.15) is 26.7 Å². The Balaban J connectivity index is 2.95. The summed E-state index contributed by atoms with van der Waals surface area (Å²) < 4.78 is 0. The summed E-state index contributed by atoms with van der Waals surface area (Å²) in [6.45, 7) is 8.19. The lowest BCUT2D eigenvalue weighted by atomic mass is 10.1. The minimum Gasteiger partial charge on any atom is -0.122 e. The van der Waals surface area contributed by atoms with E-state index in [1.807, 2.05) is 6.08 Å². The molecule has 0 saturated carbocycles. The predicted octanol–water partition coefficient (Wildman–Crippen LogP) is 4.65. The molecular formula is C12H16Cl2. The van der Waals surface area contributed by atoms with Gasteiger partial charge < -0.3 is 0 Å². The van der Waals surface area contributed by atoms with Crippen molar-refractivity contribution < 1.29 is 0 Å². The van der Waals surface area contributed by atoms with E-state index < -0.39 is 0 Å². The molecule has 0 bridgehead atoms. The zero-order chi connectivity index (χ0) is 10.7. The van der Waals surface area contributed by atoms with Crippen molar-refractivity contribution in [3.63, 3.8) is 0 Å². The summed E-state index contributed by atoms with van der Waals surface area (Å²) in [5.41, 5.74) is 3.62. The average molecular weight is 231 g/mol. The molecule has 2 heteroatoms. The van der Waals surface area contributed by atoms with Crippen LogP contribution < -0.4 is 0 Å². The Bertz CT molecular complexity index is 295. The molecule has 0 amide bonds. The fourth-order valence-corrected chi connectivity index (χ4v) is 1.86. The number of alkyl halides is 1. The molecule has 0 aromatic rings. The Labute approximate surface area is 96.3 Å². The summed E-state index contributed by atoms with van der Waals surface area (Å²) in [5, 5.41) is 0.880. The third-order valence-corrected chi connectivity index (χ3v) is 3.35. The first-order valence-corrected chi connectivity index (χ1v) is 5.80. The Kier molecular flexibility index (Phi) is 4.28. The molecule has 0 atom stereocenters. The lowest BCUT2D eigenvalue weighted by Crippen LogP contribution is -1.89. The second-order valence-electron chi connectivity index (χ2n) is 3.94. The zero-order valence-corrected chi connectivity index (χ0v) is 10.3. The van der Waals surface area contributed by atoms with Crippen LogP contribution in [0.3, 0.4) is 0 Å². The largest absolute Gasteiger partial charge is 0.122 e. The van der Waals surface area contributed by atoms with E-state index in [9.17, 15) is 0 Å². The van der Waals surface area contributed by atoms with Gasteiger partial charge in [0, 0.05) is 10.9 Å². The summed E-state index contributed by atoms with van der Waals surface area (Å²) in [4.78, 5) is 0. The predicted molar refractivity (Wildman–Crippen MR) is 64.9 cm³/mol. The Morgan fingerprint density at radius 3 is 2.64 bits per heavy atom. The molecule has 0 aromatic carbocycles. The van der Waals surface area contributed by atoms with Gasteiger partial charge in [0.15, 0.2) is 0 Å². The molecule has 1 rings (SSSR count). The van der Waals surface area contributed by atoms with Crippen molar-refractivity contribution in [1.82, 2.24) is 0 Å². The van der Waals surface area contributed by atoms with E-state index in [4.69, 9.17) is 23.2 Å². The molecule has 78 valence electrons. The first-order chi connectivity index (χ1) is 6.56. The fraction of sp³-hybridized carbons (Fsp3) is 0.500. The standard InChI is InChI=1S/C12H16Cl2/c1-8(2)12(14)6-11-9(3)4-5-10(11)7-13/h6,8H,3-5,7H2,1-2H3/b12-6+. The van der Waals surface area contributed by atoms with Crippen LogP contribution in [0.15, 0.2) is 34.4 Å². The molecule has 1 aliphatic carbocycles. The highest BCUT2D eigenvalue weighted by Crippen LogP contribution is 2.33. The molecule has 0 heterocycles. The fourth-order valence-electron chi connectivity index (χ4n) is 1.47. The van der Waals surface area contributed by atoms with Gasteiger partial charge in [-0.05, 0) is 41.6 Å². The third kappa shape index (κ3) is 2.65. The lowest BCUT2D eigenvalue weighted by Gasteiger charge is -2.05. The first kappa shape index (κ1) is 11.9. The average Bonchev–Trinajstić information content (AvgIpc) is 2.47. The van der Waals surface area contributed by atoms with Crippen molar-refractivity contribution in [2.24, 2.45) is 5.92 Å². The first-order valence-electron chi connectivity index (χ1n) is 4.89. The van der Waals surface area contributed by atoms with Crippen molar-refractivity contribution in [3.05, 3.63) is 34.4 Å². The monoisotopic (exact) mass is 230 g/mol. The number of rotatable bonds is 3. The van der Waals surface area contributed by atoms with E-state index in [-0.39, 0.29) is 0 Å². The van der Waals surface area contributed by atoms with Gasteiger partial charge in [-0.1, -0.05) is 32.0 Å². The summed E-state index contributed by atoms with van der Waals surface area (Å²) >= 11 is 12.0. The summed E-state index contributed by atoms with van der Waals surface area (Å²) in [6.07, 6.45) is 4.09. The molecule has 0 unspecified atom stereocenters. The highest BCUT2D eigenvalue weighted by Gasteiger charge is 2.16. The second-order valence-corrected chi connectivity index (χ2v) is 4.64. The topological polar surface area (TPSA) is 0 Å². The molecule has 0 spiro atoms. The quantitative estimate of drug-likeness (QED) is 0.620. The van der Waals surface area contributed by atoms with Gasteiger partial charge in [0.25, 0.3) is 0 Å². The molecule has 0 fully saturated rings. The van der Waals surface area contributed by atoms with Crippen LogP contribution in [-0.2, 0) is 0 Å². The molecule has 0 aliphatic heterocycles. The lowest BCUT2D eigenvalue weighted by molar-refractivity contribution is 0.812. The van der Waals surface area contributed by atoms with Crippen molar-refractivity contribution in [1.29, 1.82) is 0 Å². The van der Waals surface area contributed by atoms with E-state index in [1.54, 1.807) is 0 Å². The van der Waals surface area contributed by atoms with Crippen LogP contribution in [0.25, 0.3) is 0 Å². The number of halogens is 2. The molecule has 14 heavy (non-hydrogen) atoms. The number of hydrogen-bond acceptors (Lipinski definition) is 0. The summed E-state index contributed by atoms with van der Waals surface area (Å²) in [7, 11) is 0. The van der Waals surface area contributed by atoms with Gasteiger partial charge in [0.05, 0.1) is 0 Å². The number of hydrogen-bond donors (Lipinski definition) is 0. The molecule has 0 aromatic heterocycles. The highest BCUT2D eigenvalue weighted by molar-refractivity contribution is 6.30. The van der Waals surface area contributed by atoms with Crippen molar-refractivity contribution in [2.75, 3.05) is 5.88 Å². The normalized spacial score (nSPS) is 18.6. The molecule has 0 radical (unpaired) electrons. The van der Waals surface area contributed by atoms with Crippen LogP contribution in [0, 0.1) is 5.92 Å². The number of allylic oxidation sites excluding steroid dienone is 5. The minimum atomic E-state index is 0.370. The minimum absolute atomic E-state index is 0.370. The van der Waals surface area contributed by atoms with E-state index in [0.29, 0.717) is 11.8 Å². The maximum atomic E-state index is 6.13. The van der Waals surface area contributed by atoms with Crippen LogP contribution >= 0.6 is 23.2 Å². The molecular weight excluding hydrogens is 215 g/mol. The van der Waals surface area contributed by atoms with E-state index >= 15 is 0 Å². The van der Waals surface area contributed by atoms with E-state index in [0.717, 1.165) is 17.9 Å². The van der Waals surface area contributed by atoms with Gasteiger partial charge in [0.2, 0.25) is 0 Å². The van der Waals surface area contributed by atoms with Crippen LogP contribution in [0.5, 0.6) is 0 Å². The van der Waals surface area contributed by atoms with Crippen LogP contribution in [-0.4, -0.2) is 5.88 Å². The van der Waals surface area contributed by atoms with Gasteiger partial charge in [0.1, 0.15) is 0 Å². The maximum Gasteiger partial charge on any atom is 0.0442 e. The smallest absolute Gasteiger partial charge is 0.0442 e. The van der Waals surface area contributed by atoms with Crippen molar-refractivity contribution in [2.45, 2.75) is 26.7 Å². The van der Waals surface area contributed by atoms with Gasteiger partial charge in [-0.3, -0.25) is 0 Å². The van der Waals surface area contributed by atoms with Crippen molar-refractivity contribution in [3.8, 4) is 0 Å². The van der Waals surface area contributed by atoms with Gasteiger partial charge in [-0.2, -0.15) is 0 Å². The van der Waals surface area contributed by atoms with E-state index in [2.05, 4.69) is 20.4 Å². The molecule has 0 saturated heterocycles. The molecule has 0 nitrogen and oxygen atoms in total. The zero-order valence-electron chi connectivity index (χ0n) is 8.74. The molecule has 1 aliphatic rings. The van der Waals surface area contributed by atoms with Gasteiger partial charge in [-0.25, -0.2) is 0 Å².